The first kappa shape index (κ1) is 11.7. The van der Waals surface area contributed by atoms with E-state index in [0.29, 0.717) is 12.2 Å². The van der Waals surface area contributed by atoms with Gasteiger partial charge in [-0.3, -0.25) is 4.79 Å². The topological polar surface area (TPSA) is 84.6 Å². The van der Waals surface area contributed by atoms with E-state index in [2.05, 4.69) is 5.32 Å². The zero-order valence-corrected chi connectivity index (χ0v) is 9.48. The van der Waals surface area contributed by atoms with Crippen molar-refractivity contribution in [2.24, 2.45) is 0 Å². The van der Waals surface area contributed by atoms with Crippen molar-refractivity contribution in [3.63, 3.8) is 0 Å². The lowest BCUT2D eigenvalue weighted by Gasteiger charge is -2.23. The van der Waals surface area contributed by atoms with Crippen molar-refractivity contribution < 1.29 is 14.6 Å². The second kappa shape index (κ2) is 5.05. The summed E-state index contributed by atoms with van der Waals surface area (Å²) in [5, 5.41) is 12.3. The van der Waals surface area contributed by atoms with Crippen LogP contribution in [0, 0.1) is 0 Å². The summed E-state index contributed by atoms with van der Waals surface area (Å²) < 4.78 is 5.28. The van der Waals surface area contributed by atoms with Crippen molar-refractivity contribution in [3.8, 4) is 5.75 Å². The van der Waals surface area contributed by atoms with E-state index >= 15 is 0 Å². The zero-order valence-electron chi connectivity index (χ0n) is 9.48. The highest BCUT2D eigenvalue weighted by Crippen LogP contribution is 2.20. The molecule has 5 nitrogen and oxygen atoms in total. The monoisotopic (exact) mass is 236 g/mol. The molecule has 4 N–H and O–H groups in total. The Hall–Kier alpha value is -1.75. The Bertz CT molecular complexity index is 414. The van der Waals surface area contributed by atoms with E-state index in [4.69, 9.17) is 10.5 Å². The van der Waals surface area contributed by atoms with Gasteiger partial charge in [0.15, 0.2) is 0 Å². The molecule has 1 fully saturated rings. The van der Waals surface area contributed by atoms with Crippen molar-refractivity contribution in [1.29, 1.82) is 0 Å². The average molecular weight is 236 g/mol. The Labute approximate surface area is 99.6 Å². The molecule has 0 aromatic heterocycles. The minimum atomic E-state index is -0.212. The highest BCUT2D eigenvalue weighted by atomic mass is 16.5. The van der Waals surface area contributed by atoms with Crippen LogP contribution < -0.4 is 11.1 Å². The number of phenolic OH excluding ortho intramolecular Hbond substituents is 1. The lowest BCUT2D eigenvalue weighted by atomic mass is 10.1. The van der Waals surface area contributed by atoms with E-state index in [1.165, 1.54) is 12.1 Å². The summed E-state index contributed by atoms with van der Waals surface area (Å²) in [5.74, 6) is -0.284. The number of nitrogens with one attached hydrogen (secondary N) is 1. The third-order valence-corrected chi connectivity index (χ3v) is 2.79. The summed E-state index contributed by atoms with van der Waals surface area (Å²) in [7, 11) is 0. The number of benzene rings is 1. The van der Waals surface area contributed by atoms with Crippen LogP contribution >= 0.6 is 0 Å². The molecular formula is C12H16N2O3. The Balaban J connectivity index is 2.01. The van der Waals surface area contributed by atoms with Crippen LogP contribution in [0.5, 0.6) is 5.75 Å². The van der Waals surface area contributed by atoms with Crippen molar-refractivity contribution in [2.75, 3.05) is 18.9 Å². The minimum Gasteiger partial charge on any atom is -0.506 e. The number of carbonyl (C=O) groups is 1. The number of ether oxygens (including phenoxy) is 1. The quantitative estimate of drug-likeness (QED) is 0.525. The van der Waals surface area contributed by atoms with Gasteiger partial charge in [-0.15, -0.1) is 0 Å². The molecule has 0 radical (unpaired) electrons. The van der Waals surface area contributed by atoms with Gasteiger partial charge in [0.05, 0.1) is 18.3 Å². The van der Waals surface area contributed by atoms with Gasteiger partial charge in [0.25, 0.3) is 5.91 Å². The first-order valence-corrected chi connectivity index (χ1v) is 5.64. The van der Waals surface area contributed by atoms with Gasteiger partial charge in [-0.05, 0) is 31.0 Å². The number of carbonyl (C=O) groups excluding carboxylic acids is 1. The second-order valence-electron chi connectivity index (χ2n) is 4.16. The molecule has 17 heavy (non-hydrogen) atoms. The molecule has 1 aromatic carbocycles. The molecule has 1 aromatic rings. The first-order valence-electron chi connectivity index (χ1n) is 5.64. The molecule has 0 bridgehead atoms. The van der Waals surface area contributed by atoms with E-state index in [-0.39, 0.29) is 23.4 Å². The van der Waals surface area contributed by atoms with Gasteiger partial charge in [0.2, 0.25) is 0 Å². The lowest BCUT2D eigenvalue weighted by molar-refractivity contribution is 0.0624. The number of rotatable bonds is 2. The number of amides is 1. The number of nitrogens with two attached hydrogens (primary N) is 1. The SMILES string of the molecule is Nc1ccc(C(=O)NC2CCCOC2)cc1O. The van der Waals surface area contributed by atoms with Crippen LogP contribution in [0.4, 0.5) is 5.69 Å². The van der Waals surface area contributed by atoms with E-state index in [1.807, 2.05) is 0 Å². The molecule has 0 aliphatic carbocycles. The largest absolute Gasteiger partial charge is 0.506 e. The maximum absolute atomic E-state index is 11.9. The maximum atomic E-state index is 11.9. The molecule has 0 saturated carbocycles. The summed E-state index contributed by atoms with van der Waals surface area (Å²) in [4.78, 5) is 11.9. The predicted octanol–water partition coefficient (Wildman–Crippen LogP) is 0.883. The van der Waals surface area contributed by atoms with Crippen LogP contribution in [-0.2, 0) is 4.74 Å². The maximum Gasteiger partial charge on any atom is 0.251 e. The smallest absolute Gasteiger partial charge is 0.251 e. The molecule has 1 saturated heterocycles. The fourth-order valence-electron chi connectivity index (χ4n) is 1.81. The summed E-state index contributed by atoms with van der Waals surface area (Å²) in [6.45, 7) is 1.31. The van der Waals surface area contributed by atoms with E-state index in [0.717, 1.165) is 19.4 Å². The normalized spacial score (nSPS) is 19.9. The standard InChI is InChI=1S/C12H16N2O3/c13-10-4-3-8(6-11(10)15)12(16)14-9-2-1-5-17-7-9/h3-4,6,9,15H,1-2,5,7,13H2,(H,14,16). The molecular weight excluding hydrogens is 220 g/mol. The molecule has 1 aliphatic rings. The van der Waals surface area contributed by atoms with Gasteiger partial charge in [-0.25, -0.2) is 0 Å². The van der Waals surface area contributed by atoms with Gasteiger partial charge < -0.3 is 20.9 Å². The van der Waals surface area contributed by atoms with Gasteiger partial charge in [0, 0.05) is 12.2 Å². The molecule has 2 rings (SSSR count). The Kier molecular flexibility index (Phi) is 3.49. The van der Waals surface area contributed by atoms with Crippen LogP contribution in [0.3, 0.4) is 0 Å². The van der Waals surface area contributed by atoms with Crippen molar-refractivity contribution in [1.82, 2.24) is 5.32 Å². The fraction of sp³-hybridized carbons (Fsp3) is 0.417. The molecule has 1 aliphatic heterocycles. The van der Waals surface area contributed by atoms with Crippen molar-refractivity contribution in [2.45, 2.75) is 18.9 Å². The van der Waals surface area contributed by atoms with Crippen LogP contribution in [0.2, 0.25) is 0 Å². The third kappa shape index (κ3) is 2.88. The van der Waals surface area contributed by atoms with Gasteiger partial charge in [0.1, 0.15) is 5.75 Å². The number of anilines is 1. The van der Waals surface area contributed by atoms with E-state index in [1.54, 1.807) is 6.07 Å². The summed E-state index contributed by atoms with van der Waals surface area (Å²) in [6, 6.07) is 4.53. The highest BCUT2D eigenvalue weighted by Gasteiger charge is 2.17. The number of aromatic hydroxyl groups is 1. The fourth-order valence-corrected chi connectivity index (χ4v) is 1.81. The van der Waals surface area contributed by atoms with Crippen LogP contribution in [-0.4, -0.2) is 30.3 Å². The van der Waals surface area contributed by atoms with Crippen LogP contribution in [0.1, 0.15) is 23.2 Å². The van der Waals surface area contributed by atoms with Crippen LogP contribution in [0.15, 0.2) is 18.2 Å². The van der Waals surface area contributed by atoms with E-state index < -0.39 is 0 Å². The van der Waals surface area contributed by atoms with Gasteiger partial charge in [-0.2, -0.15) is 0 Å². The predicted molar refractivity (Wildman–Crippen MR) is 63.8 cm³/mol. The molecule has 1 amide bonds. The van der Waals surface area contributed by atoms with Crippen molar-refractivity contribution in [3.05, 3.63) is 23.8 Å². The molecule has 1 atom stereocenters. The third-order valence-electron chi connectivity index (χ3n) is 2.79. The minimum absolute atomic E-state index is 0.0518. The second-order valence-corrected chi connectivity index (χ2v) is 4.16. The average Bonchev–Trinajstić information content (AvgIpc) is 2.34. The number of nitrogen functional groups attached to an aromatic ring is 1. The van der Waals surface area contributed by atoms with Gasteiger partial charge >= 0.3 is 0 Å². The van der Waals surface area contributed by atoms with E-state index in [9.17, 15) is 9.90 Å². The number of hydrogen-bond donors (Lipinski definition) is 3. The molecule has 1 unspecified atom stereocenters. The molecule has 5 heteroatoms. The summed E-state index contributed by atoms with van der Waals surface area (Å²) >= 11 is 0. The van der Waals surface area contributed by atoms with Crippen molar-refractivity contribution >= 4 is 11.6 Å². The molecule has 92 valence electrons. The Morgan fingerprint density at radius 1 is 1.53 bits per heavy atom. The Morgan fingerprint density at radius 3 is 3.00 bits per heavy atom. The number of hydrogen-bond acceptors (Lipinski definition) is 4. The van der Waals surface area contributed by atoms with Crippen LogP contribution in [0.25, 0.3) is 0 Å². The summed E-state index contributed by atoms with van der Waals surface area (Å²) in [6.07, 6.45) is 1.88. The molecule has 0 spiro atoms. The Morgan fingerprint density at radius 2 is 2.35 bits per heavy atom. The first-order chi connectivity index (χ1) is 8.16. The highest BCUT2D eigenvalue weighted by molar-refractivity contribution is 5.95. The number of phenols is 1. The van der Waals surface area contributed by atoms with Gasteiger partial charge in [-0.1, -0.05) is 0 Å². The summed E-state index contributed by atoms with van der Waals surface area (Å²) in [5.41, 5.74) is 6.14. The lowest BCUT2D eigenvalue weighted by Crippen LogP contribution is -2.40. The molecule has 1 heterocycles. The zero-order chi connectivity index (χ0) is 12.3.